The number of ether oxygens (including phenoxy) is 1. The minimum atomic E-state index is -0.646. The van der Waals surface area contributed by atoms with E-state index in [2.05, 4.69) is 4.98 Å². The lowest BCUT2D eigenvalue weighted by atomic mass is 10.1. The molecule has 2 rings (SSSR count). The van der Waals surface area contributed by atoms with Crippen molar-refractivity contribution < 1.29 is 9.13 Å². The monoisotopic (exact) mass is 305 g/mol. The van der Waals surface area contributed by atoms with Gasteiger partial charge in [-0.05, 0) is 17.7 Å². The van der Waals surface area contributed by atoms with Crippen molar-refractivity contribution in [1.82, 2.24) is 4.98 Å². The van der Waals surface area contributed by atoms with Crippen molar-refractivity contribution >= 4 is 11.6 Å². The van der Waals surface area contributed by atoms with E-state index in [-0.39, 0.29) is 29.0 Å². The number of benzene rings is 1. The quantitative estimate of drug-likeness (QED) is 0.920. The Morgan fingerprint density at radius 3 is 2.95 bits per heavy atom. The van der Waals surface area contributed by atoms with E-state index < -0.39 is 5.82 Å². The van der Waals surface area contributed by atoms with Crippen LogP contribution in [0.5, 0.6) is 5.75 Å². The fourth-order valence-corrected chi connectivity index (χ4v) is 1.95. The number of hydrogen-bond acceptors (Lipinski definition) is 4. The number of pyridine rings is 1. The van der Waals surface area contributed by atoms with Crippen LogP contribution in [0.2, 0.25) is 5.02 Å². The van der Waals surface area contributed by atoms with Crippen molar-refractivity contribution in [2.75, 3.05) is 6.61 Å². The summed E-state index contributed by atoms with van der Waals surface area (Å²) >= 11 is 5.68. The molecule has 0 saturated heterocycles. The zero-order valence-electron chi connectivity index (χ0n) is 11.1. The lowest BCUT2D eigenvalue weighted by Gasteiger charge is -2.13. The third-order valence-electron chi connectivity index (χ3n) is 2.94. The van der Waals surface area contributed by atoms with E-state index >= 15 is 0 Å². The average molecular weight is 306 g/mol. The number of nitriles is 1. The van der Waals surface area contributed by atoms with Crippen LogP contribution in [0.15, 0.2) is 36.7 Å². The molecule has 2 aromatic rings. The van der Waals surface area contributed by atoms with Crippen molar-refractivity contribution in [3.8, 4) is 11.8 Å². The van der Waals surface area contributed by atoms with Gasteiger partial charge < -0.3 is 10.5 Å². The average Bonchev–Trinajstić information content (AvgIpc) is 2.51. The Morgan fingerprint density at radius 1 is 1.48 bits per heavy atom. The molecule has 1 unspecified atom stereocenters. The SMILES string of the molecule is N#Cc1cc(F)c(Cl)cc1OCCC(N)c1cccnc1. The van der Waals surface area contributed by atoms with Crippen LogP contribution in [-0.2, 0) is 0 Å². The first kappa shape index (κ1) is 15.2. The molecule has 0 bridgehead atoms. The van der Waals surface area contributed by atoms with Gasteiger partial charge in [0.15, 0.2) is 0 Å². The highest BCUT2D eigenvalue weighted by molar-refractivity contribution is 6.30. The molecule has 6 heteroatoms. The second kappa shape index (κ2) is 7.02. The number of nitrogens with zero attached hydrogens (tertiary/aromatic N) is 2. The minimum absolute atomic E-state index is 0.0828. The van der Waals surface area contributed by atoms with Crippen LogP contribution in [0.1, 0.15) is 23.6 Å². The molecule has 0 saturated carbocycles. The minimum Gasteiger partial charge on any atom is -0.492 e. The highest BCUT2D eigenvalue weighted by atomic mass is 35.5. The predicted molar refractivity (Wildman–Crippen MR) is 77.4 cm³/mol. The molecule has 0 fully saturated rings. The summed E-state index contributed by atoms with van der Waals surface area (Å²) in [5.41, 5.74) is 7.02. The van der Waals surface area contributed by atoms with Crippen molar-refractivity contribution in [1.29, 1.82) is 5.26 Å². The number of rotatable bonds is 5. The maximum atomic E-state index is 13.3. The van der Waals surface area contributed by atoms with E-state index in [1.807, 2.05) is 18.2 Å². The molecule has 1 atom stereocenters. The van der Waals surface area contributed by atoms with E-state index in [9.17, 15) is 4.39 Å². The van der Waals surface area contributed by atoms with Gasteiger partial charge in [-0.25, -0.2) is 4.39 Å². The molecular formula is C15H13ClFN3O. The highest BCUT2D eigenvalue weighted by Gasteiger charge is 2.11. The number of halogens is 2. The predicted octanol–water partition coefficient (Wildman–Crippen LogP) is 3.21. The van der Waals surface area contributed by atoms with Gasteiger partial charge in [0.05, 0.1) is 17.2 Å². The van der Waals surface area contributed by atoms with Crippen LogP contribution in [-0.4, -0.2) is 11.6 Å². The molecule has 2 N–H and O–H groups in total. The van der Waals surface area contributed by atoms with E-state index in [4.69, 9.17) is 27.3 Å². The van der Waals surface area contributed by atoms with Gasteiger partial charge in [-0.2, -0.15) is 5.26 Å². The van der Waals surface area contributed by atoms with Crippen molar-refractivity contribution in [2.24, 2.45) is 5.73 Å². The molecule has 0 spiro atoms. The molecule has 1 aromatic heterocycles. The first-order chi connectivity index (χ1) is 10.1. The maximum Gasteiger partial charge on any atom is 0.143 e. The summed E-state index contributed by atoms with van der Waals surface area (Å²) in [5, 5.41) is 8.86. The van der Waals surface area contributed by atoms with Crippen LogP contribution in [0, 0.1) is 17.1 Å². The fourth-order valence-electron chi connectivity index (χ4n) is 1.79. The van der Waals surface area contributed by atoms with Crippen molar-refractivity contribution in [2.45, 2.75) is 12.5 Å². The lowest BCUT2D eigenvalue weighted by molar-refractivity contribution is 0.297. The molecule has 0 radical (unpaired) electrons. The van der Waals surface area contributed by atoms with Crippen molar-refractivity contribution in [3.63, 3.8) is 0 Å². The second-order valence-corrected chi connectivity index (χ2v) is 4.81. The Balaban J connectivity index is 1.98. The Kier molecular flexibility index (Phi) is 5.09. The van der Waals surface area contributed by atoms with Gasteiger partial charge in [-0.1, -0.05) is 17.7 Å². The molecular weight excluding hydrogens is 293 g/mol. The van der Waals surface area contributed by atoms with E-state index in [1.54, 1.807) is 12.4 Å². The molecule has 0 aliphatic carbocycles. The second-order valence-electron chi connectivity index (χ2n) is 4.40. The van der Waals surface area contributed by atoms with Gasteiger partial charge >= 0.3 is 0 Å². The first-order valence-electron chi connectivity index (χ1n) is 6.29. The van der Waals surface area contributed by atoms with Crippen LogP contribution in [0.25, 0.3) is 0 Å². The summed E-state index contributed by atoms with van der Waals surface area (Å²) in [6, 6.07) is 7.69. The zero-order chi connectivity index (χ0) is 15.2. The summed E-state index contributed by atoms with van der Waals surface area (Å²) in [6.07, 6.45) is 3.90. The normalized spacial score (nSPS) is 11.7. The van der Waals surface area contributed by atoms with Crippen LogP contribution >= 0.6 is 11.6 Å². The Bertz CT molecular complexity index is 658. The van der Waals surface area contributed by atoms with Crippen LogP contribution in [0.3, 0.4) is 0 Å². The summed E-state index contributed by atoms with van der Waals surface area (Å²) < 4.78 is 18.7. The van der Waals surface area contributed by atoms with Crippen LogP contribution < -0.4 is 10.5 Å². The largest absolute Gasteiger partial charge is 0.492 e. The summed E-state index contributed by atoms with van der Waals surface area (Å²) in [7, 11) is 0. The van der Waals surface area contributed by atoms with Gasteiger partial charge in [0.25, 0.3) is 0 Å². The molecule has 0 aliphatic heterocycles. The van der Waals surface area contributed by atoms with Crippen LogP contribution in [0.4, 0.5) is 4.39 Å². The topological polar surface area (TPSA) is 71.9 Å². The van der Waals surface area contributed by atoms with Crippen molar-refractivity contribution in [3.05, 3.63) is 58.6 Å². The van der Waals surface area contributed by atoms with E-state index in [0.29, 0.717) is 6.42 Å². The summed E-state index contributed by atoms with van der Waals surface area (Å²) in [6.45, 7) is 0.284. The first-order valence-corrected chi connectivity index (χ1v) is 6.67. The van der Waals surface area contributed by atoms with Gasteiger partial charge in [0.2, 0.25) is 0 Å². The number of aromatic nitrogens is 1. The maximum absolute atomic E-state index is 13.3. The molecule has 1 aromatic carbocycles. The Labute approximate surface area is 126 Å². The molecule has 0 amide bonds. The number of hydrogen-bond donors (Lipinski definition) is 1. The third kappa shape index (κ3) is 3.91. The smallest absolute Gasteiger partial charge is 0.143 e. The summed E-state index contributed by atoms with van der Waals surface area (Å²) in [4.78, 5) is 4.00. The molecule has 108 valence electrons. The molecule has 4 nitrogen and oxygen atoms in total. The van der Waals surface area contributed by atoms with E-state index in [0.717, 1.165) is 11.6 Å². The standard InChI is InChI=1S/C15H13ClFN3O/c16-12-7-15(11(8-18)6-13(12)17)21-5-3-14(19)10-2-1-4-20-9-10/h1-2,4,6-7,9,14H,3,5,19H2. The molecule has 0 aliphatic rings. The molecule has 21 heavy (non-hydrogen) atoms. The number of nitrogens with two attached hydrogens (primary N) is 1. The Hall–Kier alpha value is -2.16. The third-order valence-corrected chi connectivity index (χ3v) is 3.23. The zero-order valence-corrected chi connectivity index (χ0v) is 11.8. The van der Waals surface area contributed by atoms with Gasteiger partial charge in [0.1, 0.15) is 17.6 Å². The van der Waals surface area contributed by atoms with Gasteiger partial charge in [-0.3, -0.25) is 4.98 Å². The lowest BCUT2D eigenvalue weighted by Crippen LogP contribution is -2.14. The van der Waals surface area contributed by atoms with Gasteiger partial charge in [0, 0.05) is 30.9 Å². The highest BCUT2D eigenvalue weighted by Crippen LogP contribution is 2.26. The Morgan fingerprint density at radius 2 is 2.29 bits per heavy atom. The summed E-state index contributed by atoms with van der Waals surface area (Å²) in [5.74, 6) is -0.394. The van der Waals surface area contributed by atoms with Gasteiger partial charge in [-0.15, -0.1) is 0 Å². The van der Waals surface area contributed by atoms with E-state index in [1.165, 1.54) is 6.07 Å². The fraction of sp³-hybridized carbons (Fsp3) is 0.200. The molecule has 1 heterocycles.